The summed E-state index contributed by atoms with van der Waals surface area (Å²) in [5.74, 6) is -0.0838. The smallest absolute Gasteiger partial charge is 0.416 e. The van der Waals surface area contributed by atoms with Gasteiger partial charge in [-0.25, -0.2) is 0 Å². The Morgan fingerprint density at radius 1 is 1.33 bits per heavy atom. The van der Waals surface area contributed by atoms with Crippen LogP contribution in [-0.2, 0) is 6.18 Å². The van der Waals surface area contributed by atoms with E-state index >= 15 is 0 Å². The van der Waals surface area contributed by atoms with Crippen LogP contribution in [0.2, 0.25) is 0 Å². The second-order valence-corrected chi connectivity index (χ2v) is 4.85. The third-order valence-electron chi connectivity index (χ3n) is 3.52. The predicted molar refractivity (Wildman–Crippen MR) is 77.6 cm³/mol. The van der Waals surface area contributed by atoms with Gasteiger partial charge in [-0.2, -0.15) is 13.2 Å². The van der Waals surface area contributed by atoms with Crippen molar-refractivity contribution in [2.75, 3.05) is 7.11 Å². The molecule has 0 saturated carbocycles. The van der Waals surface area contributed by atoms with Crippen LogP contribution in [0.15, 0.2) is 18.2 Å². The van der Waals surface area contributed by atoms with Gasteiger partial charge in [-0.1, -0.05) is 26.3 Å². The standard InChI is InChI=1S/C14H20F3NO2.ClH/c1-4-8(2)13(19)12(18)10-6-5-9(20-3)7-11(10)14(15,16)17;/h5-8,12-13,19H,4,18H2,1-3H3;1H/t8?,12-,13+;/m0./s1. The highest BCUT2D eigenvalue weighted by Gasteiger charge is 2.37. The second-order valence-electron chi connectivity index (χ2n) is 4.85. The van der Waals surface area contributed by atoms with Gasteiger partial charge in [-0.3, -0.25) is 0 Å². The molecular weight excluding hydrogens is 307 g/mol. The quantitative estimate of drug-likeness (QED) is 0.869. The summed E-state index contributed by atoms with van der Waals surface area (Å²) >= 11 is 0. The molecular formula is C14H21ClF3NO2. The van der Waals surface area contributed by atoms with Gasteiger partial charge in [0.05, 0.1) is 24.8 Å². The maximum absolute atomic E-state index is 13.1. The molecule has 3 N–H and O–H groups in total. The van der Waals surface area contributed by atoms with Gasteiger partial charge in [0.25, 0.3) is 0 Å². The third-order valence-corrected chi connectivity index (χ3v) is 3.52. The lowest BCUT2D eigenvalue weighted by molar-refractivity contribution is -0.138. The van der Waals surface area contributed by atoms with Gasteiger partial charge in [0.1, 0.15) is 5.75 Å². The number of alkyl halides is 3. The molecule has 0 aliphatic rings. The van der Waals surface area contributed by atoms with E-state index in [0.717, 1.165) is 6.07 Å². The van der Waals surface area contributed by atoms with Crippen LogP contribution in [0.5, 0.6) is 5.75 Å². The van der Waals surface area contributed by atoms with Crippen LogP contribution in [0.4, 0.5) is 13.2 Å². The Kier molecular flexibility index (Phi) is 7.50. The van der Waals surface area contributed by atoms with Crippen molar-refractivity contribution in [3.63, 3.8) is 0 Å². The highest BCUT2D eigenvalue weighted by atomic mass is 35.5. The molecule has 122 valence electrons. The van der Waals surface area contributed by atoms with Crippen molar-refractivity contribution in [2.24, 2.45) is 11.7 Å². The van der Waals surface area contributed by atoms with E-state index < -0.39 is 23.9 Å². The Balaban J connectivity index is 0.00000400. The molecule has 1 aromatic carbocycles. The van der Waals surface area contributed by atoms with Crippen molar-refractivity contribution in [3.8, 4) is 5.75 Å². The van der Waals surface area contributed by atoms with Crippen molar-refractivity contribution in [1.29, 1.82) is 0 Å². The molecule has 21 heavy (non-hydrogen) atoms. The number of rotatable bonds is 5. The van der Waals surface area contributed by atoms with Crippen LogP contribution in [0.3, 0.4) is 0 Å². The minimum absolute atomic E-state index is 0. The molecule has 7 heteroatoms. The van der Waals surface area contributed by atoms with Gasteiger partial charge in [-0.15, -0.1) is 12.4 Å². The van der Waals surface area contributed by atoms with Crippen molar-refractivity contribution >= 4 is 12.4 Å². The highest BCUT2D eigenvalue weighted by Crippen LogP contribution is 2.37. The van der Waals surface area contributed by atoms with Crippen LogP contribution in [0.25, 0.3) is 0 Å². The lowest BCUT2D eigenvalue weighted by Crippen LogP contribution is -2.33. The van der Waals surface area contributed by atoms with Crippen LogP contribution >= 0.6 is 12.4 Å². The molecule has 0 bridgehead atoms. The summed E-state index contributed by atoms with van der Waals surface area (Å²) in [5, 5.41) is 10.0. The largest absolute Gasteiger partial charge is 0.497 e. The number of hydrogen-bond donors (Lipinski definition) is 2. The van der Waals surface area contributed by atoms with E-state index in [-0.39, 0.29) is 29.6 Å². The first-order valence-corrected chi connectivity index (χ1v) is 6.41. The molecule has 3 nitrogen and oxygen atoms in total. The number of aliphatic hydroxyl groups is 1. The van der Waals surface area contributed by atoms with Gasteiger partial charge in [0, 0.05) is 0 Å². The molecule has 1 unspecified atom stereocenters. The van der Waals surface area contributed by atoms with Gasteiger partial charge in [0.2, 0.25) is 0 Å². The molecule has 0 fully saturated rings. The van der Waals surface area contributed by atoms with E-state index in [2.05, 4.69) is 0 Å². The molecule has 3 atom stereocenters. The minimum atomic E-state index is -4.54. The van der Waals surface area contributed by atoms with E-state index in [1.54, 1.807) is 6.92 Å². The molecule has 0 spiro atoms. The number of benzene rings is 1. The number of ether oxygens (including phenoxy) is 1. The Morgan fingerprint density at radius 3 is 2.33 bits per heavy atom. The number of nitrogens with two attached hydrogens (primary N) is 1. The molecule has 0 amide bonds. The maximum Gasteiger partial charge on any atom is 0.416 e. The van der Waals surface area contributed by atoms with Crippen molar-refractivity contribution in [1.82, 2.24) is 0 Å². The average Bonchev–Trinajstić information content (AvgIpc) is 2.43. The number of methoxy groups -OCH3 is 1. The number of halogens is 4. The zero-order valence-corrected chi connectivity index (χ0v) is 13.0. The lowest BCUT2D eigenvalue weighted by atomic mass is 9.89. The third kappa shape index (κ3) is 4.76. The molecule has 1 rings (SSSR count). The maximum atomic E-state index is 13.1. The Morgan fingerprint density at radius 2 is 1.90 bits per heavy atom. The fraction of sp³-hybridized carbons (Fsp3) is 0.571. The monoisotopic (exact) mass is 327 g/mol. The first kappa shape index (κ1) is 20.0. The molecule has 1 aromatic rings. The zero-order valence-electron chi connectivity index (χ0n) is 12.1. The Bertz CT molecular complexity index is 454. The summed E-state index contributed by atoms with van der Waals surface area (Å²) < 4.78 is 44.0. The van der Waals surface area contributed by atoms with Gasteiger partial charge in [0.15, 0.2) is 0 Å². The van der Waals surface area contributed by atoms with E-state index in [4.69, 9.17) is 10.5 Å². The highest BCUT2D eigenvalue weighted by molar-refractivity contribution is 5.85. The van der Waals surface area contributed by atoms with Crippen LogP contribution in [-0.4, -0.2) is 18.3 Å². The summed E-state index contributed by atoms with van der Waals surface area (Å²) in [6, 6.07) is 2.48. The van der Waals surface area contributed by atoms with Crippen molar-refractivity contribution in [3.05, 3.63) is 29.3 Å². The molecule has 0 aliphatic carbocycles. The number of aliphatic hydroxyl groups excluding tert-OH is 1. The zero-order chi connectivity index (χ0) is 15.5. The molecule has 0 saturated heterocycles. The molecule has 0 aliphatic heterocycles. The average molecular weight is 328 g/mol. The predicted octanol–water partition coefficient (Wildman–Crippen LogP) is 3.54. The first-order chi connectivity index (χ1) is 9.22. The summed E-state index contributed by atoms with van der Waals surface area (Å²) in [5.41, 5.74) is 4.83. The normalized spacial score (nSPS) is 15.8. The fourth-order valence-corrected chi connectivity index (χ4v) is 1.98. The lowest BCUT2D eigenvalue weighted by Gasteiger charge is -2.26. The summed E-state index contributed by atoms with van der Waals surface area (Å²) in [4.78, 5) is 0. The van der Waals surface area contributed by atoms with Crippen LogP contribution in [0.1, 0.15) is 37.4 Å². The van der Waals surface area contributed by atoms with Gasteiger partial charge >= 0.3 is 6.18 Å². The van der Waals surface area contributed by atoms with Crippen LogP contribution in [0, 0.1) is 5.92 Å². The Hall–Kier alpha value is -0.980. The summed E-state index contributed by atoms with van der Waals surface area (Å²) in [6.07, 6.45) is -4.95. The van der Waals surface area contributed by atoms with Crippen LogP contribution < -0.4 is 10.5 Å². The molecule has 0 radical (unpaired) electrons. The Labute approximate surface area is 128 Å². The van der Waals surface area contributed by atoms with Crippen molar-refractivity contribution < 1.29 is 23.0 Å². The van der Waals surface area contributed by atoms with E-state index in [1.165, 1.54) is 19.2 Å². The van der Waals surface area contributed by atoms with E-state index in [1.807, 2.05) is 6.92 Å². The summed E-state index contributed by atoms with van der Waals surface area (Å²) in [7, 11) is 1.29. The minimum Gasteiger partial charge on any atom is -0.497 e. The van der Waals surface area contributed by atoms with Gasteiger partial charge < -0.3 is 15.6 Å². The fourth-order valence-electron chi connectivity index (χ4n) is 1.98. The van der Waals surface area contributed by atoms with Crippen molar-refractivity contribution in [2.45, 2.75) is 38.6 Å². The summed E-state index contributed by atoms with van der Waals surface area (Å²) in [6.45, 7) is 3.60. The van der Waals surface area contributed by atoms with Gasteiger partial charge in [-0.05, 0) is 23.6 Å². The first-order valence-electron chi connectivity index (χ1n) is 6.41. The number of hydrogen-bond acceptors (Lipinski definition) is 3. The molecule has 0 heterocycles. The SMILES string of the molecule is CCC(C)[C@@H](O)[C@@H](N)c1ccc(OC)cc1C(F)(F)F.Cl. The molecule has 0 aromatic heterocycles. The van der Waals surface area contributed by atoms with E-state index in [9.17, 15) is 18.3 Å². The van der Waals surface area contributed by atoms with E-state index in [0.29, 0.717) is 6.42 Å². The second kappa shape index (κ2) is 7.87. The topological polar surface area (TPSA) is 55.5 Å².